The topological polar surface area (TPSA) is 67.9 Å². The molecule has 0 spiro atoms. The van der Waals surface area contributed by atoms with Crippen molar-refractivity contribution in [1.82, 2.24) is 4.90 Å². The van der Waals surface area contributed by atoms with Gasteiger partial charge in [0.05, 0.1) is 7.11 Å². The molecule has 6 nitrogen and oxygen atoms in total. The van der Waals surface area contributed by atoms with Crippen LogP contribution in [0.4, 0.5) is 5.69 Å². The van der Waals surface area contributed by atoms with E-state index in [1.54, 1.807) is 30.2 Å². The first-order chi connectivity index (χ1) is 15.6. The Morgan fingerprint density at radius 1 is 1.09 bits per heavy atom. The molecule has 0 bridgehead atoms. The van der Waals surface area contributed by atoms with Gasteiger partial charge >= 0.3 is 0 Å². The predicted molar refractivity (Wildman–Crippen MR) is 123 cm³/mol. The summed E-state index contributed by atoms with van der Waals surface area (Å²) < 4.78 is 11.3. The Morgan fingerprint density at radius 2 is 1.84 bits per heavy atom. The minimum Gasteiger partial charge on any atom is -0.497 e. The van der Waals surface area contributed by atoms with Crippen molar-refractivity contribution in [3.8, 4) is 11.5 Å². The Hall–Kier alpha value is -3.80. The molecule has 3 aromatic rings. The normalized spacial score (nSPS) is 15.4. The SMILES string of the molecule is CC[C@@H]1Oc2ccc(NC(=O)c3ccccc3)cc2CN(Cc2ccc(OC)cc2)C1=O. The highest BCUT2D eigenvalue weighted by Crippen LogP contribution is 2.30. The maximum Gasteiger partial charge on any atom is 0.264 e. The van der Waals surface area contributed by atoms with E-state index in [1.165, 1.54) is 0 Å². The molecule has 0 unspecified atom stereocenters. The molecule has 32 heavy (non-hydrogen) atoms. The number of fused-ring (bicyclic) bond motifs is 1. The first-order valence-electron chi connectivity index (χ1n) is 10.6. The zero-order valence-corrected chi connectivity index (χ0v) is 18.2. The van der Waals surface area contributed by atoms with Crippen molar-refractivity contribution in [2.24, 2.45) is 0 Å². The quantitative estimate of drug-likeness (QED) is 0.618. The van der Waals surface area contributed by atoms with Crippen molar-refractivity contribution < 1.29 is 19.1 Å². The van der Waals surface area contributed by atoms with Gasteiger partial charge in [-0.05, 0) is 54.4 Å². The fraction of sp³-hybridized carbons (Fsp3) is 0.231. The number of carbonyl (C=O) groups excluding carboxylic acids is 2. The molecule has 1 heterocycles. The maximum absolute atomic E-state index is 13.1. The number of hydrogen-bond acceptors (Lipinski definition) is 4. The Morgan fingerprint density at radius 3 is 2.53 bits per heavy atom. The molecule has 0 radical (unpaired) electrons. The minimum atomic E-state index is -0.542. The molecule has 0 fully saturated rings. The first-order valence-corrected chi connectivity index (χ1v) is 10.6. The van der Waals surface area contributed by atoms with E-state index in [9.17, 15) is 9.59 Å². The van der Waals surface area contributed by atoms with Crippen LogP contribution >= 0.6 is 0 Å². The number of ether oxygens (including phenoxy) is 2. The van der Waals surface area contributed by atoms with E-state index in [2.05, 4.69) is 5.32 Å². The predicted octanol–water partition coefficient (Wildman–Crippen LogP) is 4.65. The molecular weight excluding hydrogens is 404 g/mol. The Kier molecular flexibility index (Phi) is 6.40. The van der Waals surface area contributed by atoms with Gasteiger partial charge in [-0.3, -0.25) is 9.59 Å². The Labute approximate surface area is 187 Å². The van der Waals surface area contributed by atoms with E-state index in [-0.39, 0.29) is 11.8 Å². The third-order valence-electron chi connectivity index (χ3n) is 5.48. The monoisotopic (exact) mass is 430 g/mol. The molecule has 3 aromatic carbocycles. The van der Waals surface area contributed by atoms with E-state index in [1.807, 2.05) is 61.5 Å². The molecule has 0 aliphatic carbocycles. The zero-order valence-electron chi connectivity index (χ0n) is 18.2. The molecular formula is C26H26N2O4. The van der Waals surface area contributed by atoms with Gasteiger partial charge in [0.15, 0.2) is 6.10 Å². The molecule has 2 amide bonds. The molecule has 1 aliphatic heterocycles. The second kappa shape index (κ2) is 9.56. The van der Waals surface area contributed by atoms with E-state index in [4.69, 9.17) is 9.47 Å². The van der Waals surface area contributed by atoms with Gasteiger partial charge in [0.2, 0.25) is 0 Å². The Balaban J connectivity index is 1.57. The lowest BCUT2D eigenvalue weighted by molar-refractivity contribution is -0.139. The summed E-state index contributed by atoms with van der Waals surface area (Å²) >= 11 is 0. The summed E-state index contributed by atoms with van der Waals surface area (Å²) in [6.45, 7) is 2.79. The summed E-state index contributed by atoms with van der Waals surface area (Å²) in [4.78, 5) is 27.5. The molecule has 1 aliphatic rings. The lowest BCUT2D eigenvalue weighted by Gasteiger charge is -2.23. The number of nitrogens with one attached hydrogen (secondary N) is 1. The van der Waals surface area contributed by atoms with Crippen molar-refractivity contribution in [1.29, 1.82) is 0 Å². The van der Waals surface area contributed by atoms with Crippen molar-refractivity contribution in [3.05, 3.63) is 89.5 Å². The fourth-order valence-corrected chi connectivity index (χ4v) is 3.72. The van der Waals surface area contributed by atoms with Crippen LogP contribution in [0.25, 0.3) is 0 Å². The van der Waals surface area contributed by atoms with Crippen molar-refractivity contribution in [2.75, 3.05) is 12.4 Å². The fourth-order valence-electron chi connectivity index (χ4n) is 3.72. The van der Waals surface area contributed by atoms with E-state index < -0.39 is 6.10 Å². The largest absolute Gasteiger partial charge is 0.497 e. The molecule has 4 rings (SSSR count). The van der Waals surface area contributed by atoms with Crippen LogP contribution < -0.4 is 14.8 Å². The van der Waals surface area contributed by atoms with Gasteiger partial charge in [0, 0.05) is 29.9 Å². The summed E-state index contributed by atoms with van der Waals surface area (Å²) in [5, 5.41) is 2.93. The van der Waals surface area contributed by atoms with Crippen LogP contribution in [-0.2, 0) is 17.9 Å². The van der Waals surface area contributed by atoms with E-state index in [0.717, 1.165) is 16.9 Å². The van der Waals surface area contributed by atoms with Crippen LogP contribution in [0.1, 0.15) is 34.8 Å². The highest BCUT2D eigenvalue weighted by atomic mass is 16.5. The summed E-state index contributed by atoms with van der Waals surface area (Å²) in [5.74, 6) is 1.21. The molecule has 1 N–H and O–H groups in total. The molecule has 1 atom stereocenters. The van der Waals surface area contributed by atoms with E-state index in [0.29, 0.717) is 36.5 Å². The summed E-state index contributed by atoms with van der Waals surface area (Å²) in [6.07, 6.45) is 0.0309. The highest BCUT2D eigenvalue weighted by Gasteiger charge is 2.30. The lowest BCUT2D eigenvalue weighted by atomic mass is 10.1. The maximum atomic E-state index is 13.1. The van der Waals surface area contributed by atoms with Crippen LogP contribution in [0.15, 0.2) is 72.8 Å². The molecule has 164 valence electrons. The smallest absolute Gasteiger partial charge is 0.264 e. The van der Waals surface area contributed by atoms with Crippen LogP contribution in [-0.4, -0.2) is 29.9 Å². The molecule has 0 saturated carbocycles. The third kappa shape index (κ3) is 4.75. The summed E-state index contributed by atoms with van der Waals surface area (Å²) in [7, 11) is 1.63. The van der Waals surface area contributed by atoms with Crippen LogP contribution in [0.3, 0.4) is 0 Å². The number of carbonyl (C=O) groups is 2. The lowest BCUT2D eigenvalue weighted by Crippen LogP contribution is -2.38. The minimum absolute atomic E-state index is 0.0469. The standard InChI is InChI=1S/C26H26N2O4/c1-3-23-26(30)28(16-18-9-12-22(31-2)13-10-18)17-20-15-21(11-14-24(20)32-23)27-25(29)19-7-5-4-6-8-19/h4-15,23H,3,16-17H2,1-2H3,(H,27,29)/t23-/m0/s1. The number of rotatable bonds is 6. The number of amides is 2. The summed E-state index contributed by atoms with van der Waals surface area (Å²) in [5.41, 5.74) is 3.11. The second-order valence-electron chi connectivity index (χ2n) is 7.70. The van der Waals surface area contributed by atoms with Crippen molar-refractivity contribution >= 4 is 17.5 Å². The third-order valence-corrected chi connectivity index (χ3v) is 5.48. The molecule has 0 saturated heterocycles. The van der Waals surface area contributed by atoms with Gasteiger partial charge in [-0.2, -0.15) is 0 Å². The van der Waals surface area contributed by atoms with Crippen molar-refractivity contribution in [3.63, 3.8) is 0 Å². The van der Waals surface area contributed by atoms with Gasteiger partial charge in [-0.15, -0.1) is 0 Å². The first kappa shape index (κ1) is 21.4. The van der Waals surface area contributed by atoms with Crippen LogP contribution in [0.5, 0.6) is 11.5 Å². The van der Waals surface area contributed by atoms with Crippen LogP contribution in [0, 0.1) is 0 Å². The highest BCUT2D eigenvalue weighted by molar-refractivity contribution is 6.04. The number of benzene rings is 3. The van der Waals surface area contributed by atoms with Gasteiger partial charge in [0.1, 0.15) is 11.5 Å². The van der Waals surface area contributed by atoms with Gasteiger partial charge in [-0.1, -0.05) is 37.3 Å². The Bertz CT molecular complexity index is 1100. The van der Waals surface area contributed by atoms with Crippen LogP contribution in [0.2, 0.25) is 0 Å². The average Bonchev–Trinajstić information content (AvgIpc) is 2.96. The van der Waals surface area contributed by atoms with E-state index >= 15 is 0 Å². The van der Waals surface area contributed by atoms with Gasteiger partial charge in [-0.25, -0.2) is 0 Å². The number of hydrogen-bond donors (Lipinski definition) is 1. The molecule has 0 aromatic heterocycles. The van der Waals surface area contributed by atoms with Crippen molar-refractivity contribution in [2.45, 2.75) is 32.5 Å². The second-order valence-corrected chi connectivity index (χ2v) is 7.70. The number of nitrogens with zero attached hydrogens (tertiary/aromatic N) is 1. The number of anilines is 1. The zero-order chi connectivity index (χ0) is 22.5. The number of methoxy groups -OCH3 is 1. The van der Waals surface area contributed by atoms with Gasteiger partial charge < -0.3 is 19.7 Å². The van der Waals surface area contributed by atoms with Gasteiger partial charge in [0.25, 0.3) is 11.8 Å². The summed E-state index contributed by atoms with van der Waals surface area (Å²) in [6, 6.07) is 22.2. The molecule has 6 heteroatoms. The average molecular weight is 431 g/mol.